The highest BCUT2D eigenvalue weighted by atomic mass is 16.6. The van der Waals surface area contributed by atoms with Crippen molar-refractivity contribution in [3.63, 3.8) is 0 Å². The van der Waals surface area contributed by atoms with Gasteiger partial charge in [0.25, 0.3) is 5.91 Å². The molecule has 0 bridgehead atoms. The van der Waals surface area contributed by atoms with E-state index in [2.05, 4.69) is 19.8 Å². The molecule has 4 aliphatic heterocycles. The van der Waals surface area contributed by atoms with Crippen LogP contribution in [0.2, 0.25) is 0 Å². The molecule has 4 aliphatic rings. The van der Waals surface area contributed by atoms with Crippen molar-refractivity contribution < 1.29 is 33.8 Å². The Morgan fingerprint density at radius 3 is 2.12 bits per heavy atom. The van der Waals surface area contributed by atoms with Crippen molar-refractivity contribution in [2.24, 2.45) is 5.41 Å². The maximum absolute atomic E-state index is 13.8. The monoisotopic (exact) mass is 714 g/mol. The molecule has 2 aromatic rings. The van der Waals surface area contributed by atoms with Gasteiger partial charge in [0, 0.05) is 67.8 Å². The van der Waals surface area contributed by atoms with Crippen LogP contribution in [0.4, 0.5) is 9.59 Å². The van der Waals surface area contributed by atoms with Crippen LogP contribution in [0.3, 0.4) is 0 Å². The number of hydrogen-bond acceptors (Lipinski definition) is 8. The fourth-order valence-corrected chi connectivity index (χ4v) is 8.19. The predicted molar refractivity (Wildman–Crippen MR) is 197 cm³/mol. The van der Waals surface area contributed by atoms with Crippen molar-refractivity contribution in [2.45, 2.75) is 110 Å². The summed E-state index contributed by atoms with van der Waals surface area (Å²) < 4.78 is 11.3. The summed E-state index contributed by atoms with van der Waals surface area (Å²) in [5.74, 6) is 2.09. The third-order valence-electron chi connectivity index (χ3n) is 10.8. The summed E-state index contributed by atoms with van der Waals surface area (Å²) >= 11 is 0. The average molecular weight is 715 g/mol. The number of aliphatic hydroxyl groups is 1. The standard InChI is InChI=1S/C41H54N4O7/c1-38(2,3)51-36(49)44-25-41(26-44)15-17-42(18-16-41)35(48)28-13-14-30-31(19-28)40(7,8)24-43(33(30)23-46)22-34(47)32-20-27-11-9-10-12-29(27)21-45(32)37(50)52-39(4,5)6/h9-14,19,32,34,47H,15-18,20-22,24-26H2,1-8H3/t32-,34+/m1/s1. The number of ether oxygens (including phenoxy) is 2. The van der Waals surface area contributed by atoms with E-state index >= 15 is 0 Å². The molecular weight excluding hydrogens is 660 g/mol. The Kier molecular flexibility index (Phi) is 9.77. The number of likely N-dealkylation sites (tertiary alicyclic amines) is 2. The summed E-state index contributed by atoms with van der Waals surface area (Å²) in [5.41, 5.74) is 2.86. The minimum absolute atomic E-state index is 0.0220. The molecule has 2 fully saturated rings. The third kappa shape index (κ3) is 7.71. The van der Waals surface area contributed by atoms with E-state index in [4.69, 9.17) is 9.47 Å². The first-order valence-electron chi connectivity index (χ1n) is 18.4. The fourth-order valence-electron chi connectivity index (χ4n) is 8.19. The second-order valence-electron chi connectivity index (χ2n) is 17.8. The van der Waals surface area contributed by atoms with Crippen LogP contribution in [0.5, 0.6) is 0 Å². The summed E-state index contributed by atoms with van der Waals surface area (Å²) in [6, 6.07) is 12.8. The largest absolute Gasteiger partial charge is 0.444 e. The molecule has 0 saturated carbocycles. The molecular formula is C41H54N4O7. The molecule has 0 aliphatic carbocycles. The van der Waals surface area contributed by atoms with Gasteiger partial charge in [0.1, 0.15) is 16.9 Å². The molecule has 280 valence electrons. The molecule has 11 heteroatoms. The van der Waals surface area contributed by atoms with Crippen molar-refractivity contribution in [3.05, 3.63) is 70.3 Å². The molecule has 2 atom stereocenters. The maximum Gasteiger partial charge on any atom is 0.410 e. The van der Waals surface area contributed by atoms with Crippen molar-refractivity contribution >= 4 is 29.7 Å². The van der Waals surface area contributed by atoms with E-state index in [-0.39, 0.29) is 24.0 Å². The van der Waals surface area contributed by atoms with E-state index in [0.29, 0.717) is 62.5 Å². The Morgan fingerprint density at radius 2 is 1.50 bits per heavy atom. The third-order valence-corrected chi connectivity index (χ3v) is 10.8. The summed E-state index contributed by atoms with van der Waals surface area (Å²) in [7, 11) is 0. The summed E-state index contributed by atoms with van der Waals surface area (Å²) in [5, 5.41) is 11.8. The first kappa shape index (κ1) is 37.4. The van der Waals surface area contributed by atoms with Gasteiger partial charge in [0.15, 0.2) is 5.94 Å². The minimum atomic E-state index is -0.989. The summed E-state index contributed by atoms with van der Waals surface area (Å²) in [4.78, 5) is 59.4. The molecule has 2 aromatic carbocycles. The molecule has 0 unspecified atom stereocenters. The Hall–Kier alpha value is -4.34. The van der Waals surface area contributed by atoms with Crippen molar-refractivity contribution in [3.8, 4) is 0 Å². The zero-order valence-electron chi connectivity index (χ0n) is 32.0. The number of fused-ring (bicyclic) bond motifs is 2. The molecule has 2 saturated heterocycles. The highest BCUT2D eigenvalue weighted by Gasteiger charge is 2.48. The Balaban J connectivity index is 1.14. The predicted octanol–water partition coefficient (Wildman–Crippen LogP) is 5.65. The van der Waals surface area contributed by atoms with E-state index in [1.54, 1.807) is 15.9 Å². The molecule has 0 radical (unpaired) electrons. The van der Waals surface area contributed by atoms with Gasteiger partial charge in [-0.1, -0.05) is 44.2 Å². The number of piperidine rings is 1. The number of amides is 3. The zero-order chi connectivity index (χ0) is 37.8. The van der Waals surface area contributed by atoms with Crippen LogP contribution in [0.25, 0.3) is 5.70 Å². The van der Waals surface area contributed by atoms with Gasteiger partial charge >= 0.3 is 12.2 Å². The first-order chi connectivity index (χ1) is 24.3. The molecule has 4 heterocycles. The van der Waals surface area contributed by atoms with Crippen LogP contribution in [-0.2, 0) is 32.6 Å². The van der Waals surface area contributed by atoms with E-state index in [1.165, 1.54) is 0 Å². The average Bonchev–Trinajstić information content (AvgIpc) is 3.04. The van der Waals surface area contributed by atoms with Crippen LogP contribution in [0.1, 0.15) is 101 Å². The van der Waals surface area contributed by atoms with Crippen LogP contribution in [0.15, 0.2) is 42.5 Å². The zero-order valence-corrected chi connectivity index (χ0v) is 32.0. The highest BCUT2D eigenvalue weighted by molar-refractivity contribution is 5.96. The molecule has 52 heavy (non-hydrogen) atoms. The van der Waals surface area contributed by atoms with Gasteiger partial charge in [0.2, 0.25) is 0 Å². The number of hydrogen-bond donors (Lipinski definition) is 1. The van der Waals surface area contributed by atoms with Crippen molar-refractivity contribution in [2.75, 3.05) is 39.3 Å². The topological polar surface area (TPSA) is 120 Å². The number of rotatable bonds is 4. The van der Waals surface area contributed by atoms with Gasteiger partial charge in [-0.2, -0.15) is 0 Å². The number of carbonyl (C=O) groups excluding carboxylic acids is 4. The van der Waals surface area contributed by atoms with E-state index < -0.39 is 34.9 Å². The normalized spacial score (nSPS) is 21.4. The molecule has 3 amide bonds. The van der Waals surface area contributed by atoms with Crippen molar-refractivity contribution in [1.82, 2.24) is 19.6 Å². The van der Waals surface area contributed by atoms with Gasteiger partial charge in [0.05, 0.1) is 12.1 Å². The Bertz CT molecular complexity index is 1770. The van der Waals surface area contributed by atoms with Crippen molar-refractivity contribution in [1.29, 1.82) is 0 Å². The second-order valence-corrected chi connectivity index (χ2v) is 17.8. The number of benzene rings is 2. The highest BCUT2D eigenvalue weighted by Crippen LogP contribution is 2.42. The van der Waals surface area contributed by atoms with Gasteiger partial charge < -0.3 is 29.3 Å². The number of β-amino-alcohol motifs (C(OH)–C–C–N with tert-alkyl or cyclic N) is 1. The molecule has 1 N–H and O–H groups in total. The lowest BCUT2D eigenvalue weighted by molar-refractivity contribution is -0.0563. The number of carbonyl (C=O) groups is 3. The van der Waals surface area contributed by atoms with Crippen LogP contribution in [0, 0.1) is 5.41 Å². The van der Waals surface area contributed by atoms with Crippen LogP contribution >= 0.6 is 0 Å². The van der Waals surface area contributed by atoms with Gasteiger partial charge in [-0.15, -0.1) is 0 Å². The molecule has 11 nitrogen and oxygen atoms in total. The van der Waals surface area contributed by atoms with Crippen LogP contribution < -0.4 is 0 Å². The molecule has 0 aromatic heterocycles. The van der Waals surface area contributed by atoms with E-state index in [1.807, 2.05) is 87.7 Å². The van der Waals surface area contributed by atoms with Gasteiger partial charge in [-0.05, 0) is 89.6 Å². The lowest BCUT2D eigenvalue weighted by Crippen LogP contribution is -2.62. The van der Waals surface area contributed by atoms with E-state index in [9.17, 15) is 24.3 Å². The summed E-state index contributed by atoms with van der Waals surface area (Å²) in [6.45, 7) is 18.6. The van der Waals surface area contributed by atoms with Gasteiger partial charge in [-0.25, -0.2) is 14.4 Å². The fraction of sp³-hybridized carbons (Fsp3) is 0.585. The Labute approximate surface area is 307 Å². The second kappa shape index (κ2) is 13.6. The number of nitrogens with zero attached hydrogens (tertiary/aromatic N) is 4. The number of aliphatic hydroxyl groups excluding tert-OH is 1. The quantitative estimate of drug-likeness (QED) is 0.404. The lowest BCUT2D eigenvalue weighted by Gasteiger charge is -2.53. The first-order valence-corrected chi connectivity index (χ1v) is 18.4. The minimum Gasteiger partial charge on any atom is -0.444 e. The lowest BCUT2D eigenvalue weighted by atomic mass is 9.72. The molecule has 1 spiro atoms. The maximum atomic E-state index is 13.8. The SMILES string of the molecule is CC(C)(C)OC(=O)N1CC2(CCN(C(=O)c3ccc4c(c3)C(C)(C)CN(C[C@H](O)[C@H]3Cc5ccccc5CN3C(=O)OC(C)(C)C)C4=C=O)CC2)C1. The van der Waals surface area contributed by atoms with Gasteiger partial charge in [-0.3, -0.25) is 9.69 Å². The summed E-state index contributed by atoms with van der Waals surface area (Å²) in [6.07, 6.45) is 0.335. The molecule has 6 rings (SSSR count). The smallest absolute Gasteiger partial charge is 0.410 e. The van der Waals surface area contributed by atoms with Crippen LogP contribution in [-0.4, -0.2) is 111 Å². The van der Waals surface area contributed by atoms with E-state index in [0.717, 1.165) is 29.5 Å². The Morgan fingerprint density at radius 1 is 0.885 bits per heavy atom.